The normalized spacial score (nSPS) is 11.4. The van der Waals surface area contributed by atoms with Crippen LogP contribution in [0, 0.1) is 0 Å². The average Bonchev–Trinajstić information content (AvgIpc) is 2.86. The molecule has 6 nitrogen and oxygen atoms in total. The Morgan fingerprint density at radius 1 is 0.889 bits per heavy atom. The molecule has 0 unspecified atom stereocenters. The summed E-state index contributed by atoms with van der Waals surface area (Å²) in [6.45, 7) is 1.71. The van der Waals surface area contributed by atoms with E-state index in [1.807, 2.05) is 43.3 Å². The second kappa shape index (κ2) is 11.3. The first-order valence-corrected chi connectivity index (χ1v) is 13.6. The van der Waals surface area contributed by atoms with E-state index in [-0.39, 0.29) is 21.5 Å². The number of hydrogen-bond acceptors (Lipinski definition) is 5. The summed E-state index contributed by atoms with van der Waals surface area (Å²) in [7, 11) is -4.19. The molecule has 1 heterocycles. The summed E-state index contributed by atoms with van der Waals surface area (Å²) in [6.07, 6.45) is 5.00. The van der Waals surface area contributed by atoms with Gasteiger partial charge in [-0.25, -0.2) is 8.42 Å². The van der Waals surface area contributed by atoms with Gasteiger partial charge in [-0.05, 0) is 76.9 Å². The summed E-state index contributed by atoms with van der Waals surface area (Å²) < 4.78 is 33.6. The van der Waals surface area contributed by atoms with Crippen LogP contribution in [0.1, 0.15) is 19.8 Å². The summed E-state index contributed by atoms with van der Waals surface area (Å²) in [5, 5.41) is 2.08. The van der Waals surface area contributed by atoms with E-state index < -0.39 is 22.5 Å². The van der Waals surface area contributed by atoms with Gasteiger partial charge >= 0.3 is 5.97 Å². The van der Waals surface area contributed by atoms with Crippen molar-refractivity contribution in [2.24, 2.45) is 0 Å². The quantitative estimate of drug-likeness (QED) is 0.173. The van der Waals surface area contributed by atoms with Crippen LogP contribution in [0.15, 0.2) is 84.0 Å². The number of hydrogen-bond donors (Lipinski definition) is 0. The molecule has 0 atom stereocenters. The molecule has 1 aromatic heterocycles. The molecule has 0 aliphatic rings. The average molecular weight is 543 g/mol. The highest BCUT2D eigenvalue weighted by Gasteiger charge is 2.29. The number of sulfonamides is 1. The lowest BCUT2D eigenvalue weighted by Gasteiger charge is -2.24. The van der Waals surface area contributed by atoms with Crippen LogP contribution >= 0.6 is 23.2 Å². The Kier molecular flexibility index (Phi) is 8.14. The largest absolute Gasteiger partial charge is 0.464 e. The number of rotatable bonds is 9. The number of esters is 1. The highest BCUT2D eigenvalue weighted by molar-refractivity contribution is 7.92. The molecule has 0 spiro atoms. The van der Waals surface area contributed by atoms with Crippen molar-refractivity contribution in [3.05, 3.63) is 89.2 Å². The van der Waals surface area contributed by atoms with Crippen molar-refractivity contribution in [3.8, 4) is 11.1 Å². The molecular weight excluding hydrogens is 519 g/mol. The van der Waals surface area contributed by atoms with Crippen molar-refractivity contribution in [2.75, 3.05) is 17.5 Å². The number of carbonyl (C=O) groups excluding carboxylic acids is 1. The van der Waals surface area contributed by atoms with Gasteiger partial charge in [-0.3, -0.25) is 14.1 Å². The smallest absolute Gasteiger partial charge is 0.326 e. The zero-order valence-electron chi connectivity index (χ0n) is 19.5. The van der Waals surface area contributed by atoms with E-state index in [0.717, 1.165) is 32.6 Å². The zero-order valence-corrected chi connectivity index (χ0v) is 21.9. The Balaban J connectivity index is 1.74. The highest BCUT2D eigenvalue weighted by Crippen LogP contribution is 2.31. The van der Waals surface area contributed by atoms with Crippen molar-refractivity contribution in [1.82, 2.24) is 4.98 Å². The van der Waals surface area contributed by atoms with Crippen molar-refractivity contribution < 1.29 is 17.9 Å². The number of aromatic nitrogens is 1. The van der Waals surface area contributed by atoms with Gasteiger partial charge in [-0.2, -0.15) is 0 Å². The number of fused-ring (bicyclic) bond motifs is 1. The van der Waals surface area contributed by atoms with Crippen molar-refractivity contribution in [3.63, 3.8) is 0 Å². The van der Waals surface area contributed by atoms with Gasteiger partial charge in [0, 0.05) is 22.4 Å². The Bertz CT molecular complexity index is 1470. The van der Waals surface area contributed by atoms with Gasteiger partial charge in [0.05, 0.1) is 17.2 Å². The molecule has 9 heteroatoms. The molecule has 36 heavy (non-hydrogen) atoms. The molecule has 0 saturated carbocycles. The monoisotopic (exact) mass is 542 g/mol. The lowest BCUT2D eigenvalue weighted by Crippen LogP contribution is -2.36. The van der Waals surface area contributed by atoms with Crippen LogP contribution in [0.3, 0.4) is 0 Å². The molecule has 0 amide bonds. The highest BCUT2D eigenvalue weighted by atomic mass is 35.5. The number of halogens is 2. The SMILES string of the molecule is CCCCOC(=O)CN(c1ccc2cc(-c3ccncc3)ccc2c1)S(=O)(=O)c1cc(Cl)cc(Cl)c1. The van der Waals surface area contributed by atoms with Gasteiger partial charge < -0.3 is 4.74 Å². The van der Waals surface area contributed by atoms with Crippen LogP contribution in [0.2, 0.25) is 10.0 Å². The molecule has 4 rings (SSSR count). The second-order valence-electron chi connectivity index (χ2n) is 8.17. The number of benzene rings is 3. The first kappa shape index (κ1) is 25.9. The first-order valence-electron chi connectivity index (χ1n) is 11.4. The number of nitrogens with zero attached hydrogens (tertiary/aromatic N) is 2. The molecular formula is C27H24Cl2N2O4S. The minimum atomic E-state index is -4.19. The van der Waals surface area contributed by atoms with E-state index in [0.29, 0.717) is 12.1 Å². The second-order valence-corrected chi connectivity index (χ2v) is 10.9. The fourth-order valence-corrected chi connectivity index (χ4v) is 5.85. The molecule has 0 aliphatic carbocycles. The van der Waals surface area contributed by atoms with Gasteiger partial charge in [-0.1, -0.05) is 54.7 Å². The van der Waals surface area contributed by atoms with E-state index in [4.69, 9.17) is 27.9 Å². The maximum absolute atomic E-state index is 13.7. The van der Waals surface area contributed by atoms with Gasteiger partial charge in [-0.15, -0.1) is 0 Å². The number of anilines is 1. The van der Waals surface area contributed by atoms with E-state index in [9.17, 15) is 13.2 Å². The van der Waals surface area contributed by atoms with E-state index in [1.54, 1.807) is 24.5 Å². The Labute approximate surface area is 220 Å². The Morgan fingerprint density at radius 3 is 2.25 bits per heavy atom. The summed E-state index contributed by atoms with van der Waals surface area (Å²) in [6, 6.07) is 19.0. The van der Waals surface area contributed by atoms with E-state index in [2.05, 4.69) is 4.98 Å². The maximum Gasteiger partial charge on any atom is 0.326 e. The van der Waals surface area contributed by atoms with Crippen molar-refractivity contribution >= 4 is 55.7 Å². The first-order chi connectivity index (χ1) is 17.3. The van der Waals surface area contributed by atoms with Crippen LogP contribution in [0.4, 0.5) is 5.69 Å². The van der Waals surface area contributed by atoms with Crippen LogP contribution < -0.4 is 4.31 Å². The fourth-order valence-electron chi connectivity index (χ4n) is 3.73. The van der Waals surface area contributed by atoms with Crippen LogP contribution in [-0.2, 0) is 19.6 Å². The maximum atomic E-state index is 13.7. The molecule has 186 valence electrons. The van der Waals surface area contributed by atoms with Crippen molar-refractivity contribution in [2.45, 2.75) is 24.7 Å². The minimum Gasteiger partial charge on any atom is -0.464 e. The number of unbranched alkanes of at least 4 members (excludes halogenated alkanes) is 1. The minimum absolute atomic E-state index is 0.116. The van der Waals surface area contributed by atoms with Gasteiger partial charge in [0.25, 0.3) is 10.0 Å². The Morgan fingerprint density at radius 2 is 1.56 bits per heavy atom. The zero-order chi connectivity index (χ0) is 25.7. The lowest BCUT2D eigenvalue weighted by molar-refractivity contribution is -0.141. The third-order valence-corrected chi connectivity index (χ3v) is 7.77. The fraction of sp³-hybridized carbons (Fsp3) is 0.185. The van der Waals surface area contributed by atoms with E-state index >= 15 is 0 Å². The molecule has 0 saturated heterocycles. The third kappa shape index (κ3) is 5.98. The number of carbonyl (C=O) groups is 1. The predicted molar refractivity (Wildman–Crippen MR) is 144 cm³/mol. The van der Waals surface area contributed by atoms with Gasteiger partial charge in [0.1, 0.15) is 6.54 Å². The lowest BCUT2D eigenvalue weighted by atomic mass is 10.0. The summed E-state index contributed by atoms with van der Waals surface area (Å²) in [5.74, 6) is -0.645. The third-order valence-electron chi connectivity index (χ3n) is 5.58. The molecule has 3 aromatic carbocycles. The summed E-state index contributed by atoms with van der Waals surface area (Å²) in [5.41, 5.74) is 2.35. The van der Waals surface area contributed by atoms with Gasteiger partial charge in [0.15, 0.2) is 0 Å². The van der Waals surface area contributed by atoms with Gasteiger partial charge in [0.2, 0.25) is 0 Å². The summed E-state index contributed by atoms with van der Waals surface area (Å²) in [4.78, 5) is 16.5. The molecule has 4 aromatic rings. The van der Waals surface area contributed by atoms with Crippen LogP contribution in [-0.4, -0.2) is 32.5 Å². The number of pyridine rings is 1. The molecule has 0 N–H and O–H groups in total. The molecule has 0 radical (unpaired) electrons. The number of ether oxygens (including phenoxy) is 1. The topological polar surface area (TPSA) is 76.6 Å². The molecule has 0 fully saturated rings. The van der Waals surface area contributed by atoms with E-state index in [1.165, 1.54) is 18.2 Å². The predicted octanol–water partition coefficient (Wildman–Crippen LogP) is 6.75. The standard InChI is InChI=1S/C27H24Cl2N2O4S/c1-2-3-12-35-27(32)18-31(36(33,34)26-16-23(28)15-24(29)17-26)25-7-6-21-13-20(4-5-22(21)14-25)19-8-10-30-11-9-19/h4-11,13-17H,2-3,12,18H2,1H3. The summed E-state index contributed by atoms with van der Waals surface area (Å²) >= 11 is 12.2. The molecule has 0 bridgehead atoms. The van der Waals surface area contributed by atoms with Crippen LogP contribution in [0.5, 0.6) is 0 Å². The Hall–Kier alpha value is -3.13. The molecule has 0 aliphatic heterocycles. The van der Waals surface area contributed by atoms with Crippen molar-refractivity contribution in [1.29, 1.82) is 0 Å². The van der Waals surface area contributed by atoms with Crippen LogP contribution in [0.25, 0.3) is 21.9 Å².